The van der Waals surface area contributed by atoms with Crippen molar-refractivity contribution in [3.05, 3.63) is 29.8 Å². The van der Waals surface area contributed by atoms with E-state index in [1.165, 1.54) is 23.9 Å². The Morgan fingerprint density at radius 1 is 1.47 bits per heavy atom. The van der Waals surface area contributed by atoms with Crippen molar-refractivity contribution in [1.29, 1.82) is 5.26 Å². The Labute approximate surface area is 103 Å². The second kappa shape index (κ2) is 5.48. The minimum absolute atomic E-state index is 0.281. The van der Waals surface area contributed by atoms with Crippen LogP contribution < -0.4 is 5.32 Å². The lowest BCUT2D eigenvalue weighted by atomic mass is 10.3. The summed E-state index contributed by atoms with van der Waals surface area (Å²) < 4.78 is 26.0. The molecule has 0 spiro atoms. The Bertz CT molecular complexity index is 441. The molecule has 1 aromatic carbocycles. The minimum atomic E-state index is -0.584. The molecule has 0 bridgehead atoms. The van der Waals surface area contributed by atoms with Crippen LogP contribution in [0.25, 0.3) is 0 Å². The molecule has 1 atom stereocenters. The van der Waals surface area contributed by atoms with Gasteiger partial charge in [-0.25, -0.2) is 8.78 Å². The van der Waals surface area contributed by atoms with Crippen molar-refractivity contribution in [1.82, 2.24) is 5.32 Å². The molecule has 90 valence electrons. The molecule has 5 heteroatoms. The summed E-state index contributed by atoms with van der Waals surface area (Å²) in [6, 6.07) is 5.79. The van der Waals surface area contributed by atoms with Crippen molar-refractivity contribution in [3.63, 3.8) is 0 Å². The summed E-state index contributed by atoms with van der Waals surface area (Å²) in [4.78, 5) is 0.379. The number of hydrogen-bond donors (Lipinski definition) is 1. The molecule has 0 heterocycles. The maximum absolute atomic E-state index is 13.3. The van der Waals surface area contributed by atoms with Crippen molar-refractivity contribution in [2.45, 2.75) is 29.8 Å². The van der Waals surface area contributed by atoms with Gasteiger partial charge >= 0.3 is 0 Å². The number of halogens is 2. The van der Waals surface area contributed by atoms with E-state index in [0.29, 0.717) is 16.7 Å². The number of thioether (sulfide) groups is 1. The number of rotatable bonds is 5. The molecule has 1 saturated carbocycles. The largest absolute Gasteiger partial charge is 0.298 e. The van der Waals surface area contributed by atoms with E-state index in [1.54, 1.807) is 0 Å². The van der Waals surface area contributed by atoms with Crippen LogP contribution in [0.1, 0.15) is 12.8 Å². The molecule has 2 rings (SSSR count). The van der Waals surface area contributed by atoms with E-state index in [1.807, 2.05) is 0 Å². The Balaban J connectivity index is 1.89. The van der Waals surface area contributed by atoms with Gasteiger partial charge < -0.3 is 0 Å². The Morgan fingerprint density at radius 3 is 2.82 bits per heavy atom. The molecule has 1 N–H and O–H groups in total. The Hall–Kier alpha value is -1.12. The highest BCUT2D eigenvalue weighted by Crippen LogP contribution is 2.24. The second-order valence-electron chi connectivity index (χ2n) is 4.01. The maximum atomic E-state index is 13.3. The lowest BCUT2D eigenvalue weighted by Gasteiger charge is -2.10. The molecule has 1 fully saturated rings. The van der Waals surface area contributed by atoms with Crippen molar-refractivity contribution in [2.75, 3.05) is 5.75 Å². The van der Waals surface area contributed by atoms with Gasteiger partial charge in [0, 0.05) is 22.8 Å². The first-order chi connectivity index (χ1) is 8.19. The van der Waals surface area contributed by atoms with E-state index in [0.717, 1.165) is 18.9 Å². The van der Waals surface area contributed by atoms with E-state index >= 15 is 0 Å². The summed E-state index contributed by atoms with van der Waals surface area (Å²) >= 11 is 1.23. The van der Waals surface area contributed by atoms with Crippen LogP contribution in [0, 0.1) is 23.0 Å². The van der Waals surface area contributed by atoms with Crippen molar-refractivity contribution in [3.8, 4) is 6.07 Å². The van der Waals surface area contributed by atoms with Crippen molar-refractivity contribution in [2.24, 2.45) is 0 Å². The van der Waals surface area contributed by atoms with Gasteiger partial charge in [-0.3, -0.25) is 5.32 Å². The lowest BCUT2D eigenvalue weighted by Crippen LogP contribution is -2.31. The predicted molar refractivity (Wildman–Crippen MR) is 62.6 cm³/mol. The monoisotopic (exact) mass is 254 g/mol. The zero-order valence-electron chi connectivity index (χ0n) is 9.12. The van der Waals surface area contributed by atoms with Crippen LogP contribution in [0.3, 0.4) is 0 Å². The third-order valence-electron chi connectivity index (χ3n) is 2.47. The molecule has 0 aliphatic heterocycles. The molecular formula is C12H12F2N2S. The fourth-order valence-corrected chi connectivity index (χ4v) is 2.30. The second-order valence-corrected chi connectivity index (χ2v) is 5.07. The van der Waals surface area contributed by atoms with Gasteiger partial charge in [0.15, 0.2) is 0 Å². The first-order valence-electron chi connectivity index (χ1n) is 5.42. The topological polar surface area (TPSA) is 35.8 Å². The minimum Gasteiger partial charge on any atom is -0.298 e. The normalized spacial score (nSPS) is 16.5. The lowest BCUT2D eigenvalue weighted by molar-refractivity contribution is 0.565. The molecule has 0 radical (unpaired) electrons. The fraction of sp³-hybridized carbons (Fsp3) is 0.417. The number of hydrogen-bond acceptors (Lipinski definition) is 3. The van der Waals surface area contributed by atoms with Crippen LogP contribution in [-0.2, 0) is 0 Å². The third-order valence-corrected chi connectivity index (χ3v) is 3.61. The van der Waals surface area contributed by atoms with E-state index in [9.17, 15) is 8.78 Å². The Kier molecular flexibility index (Phi) is 3.97. The average molecular weight is 254 g/mol. The van der Waals surface area contributed by atoms with Crippen LogP contribution in [0.4, 0.5) is 8.78 Å². The van der Waals surface area contributed by atoms with Crippen LogP contribution >= 0.6 is 11.8 Å². The van der Waals surface area contributed by atoms with Gasteiger partial charge in [-0.05, 0) is 25.0 Å². The molecule has 1 aromatic rings. The molecular weight excluding hydrogens is 242 g/mol. The van der Waals surface area contributed by atoms with Crippen LogP contribution in [0.15, 0.2) is 23.1 Å². The molecule has 1 aliphatic rings. The molecule has 0 saturated heterocycles. The first kappa shape index (κ1) is 12.3. The number of nitrogens with one attached hydrogen (secondary N) is 1. The van der Waals surface area contributed by atoms with Gasteiger partial charge in [0.05, 0.1) is 6.07 Å². The first-order valence-corrected chi connectivity index (χ1v) is 6.41. The van der Waals surface area contributed by atoms with Crippen molar-refractivity contribution >= 4 is 11.8 Å². The SMILES string of the molecule is N#CC(CSc1ccc(F)cc1F)NC1CC1. The summed E-state index contributed by atoms with van der Waals surface area (Å²) in [5.41, 5.74) is 0. The third kappa shape index (κ3) is 3.69. The Morgan fingerprint density at radius 2 is 2.24 bits per heavy atom. The zero-order chi connectivity index (χ0) is 12.3. The summed E-state index contributed by atoms with van der Waals surface area (Å²) in [6.07, 6.45) is 2.21. The molecule has 17 heavy (non-hydrogen) atoms. The van der Waals surface area contributed by atoms with Crippen LogP contribution in [-0.4, -0.2) is 17.8 Å². The zero-order valence-corrected chi connectivity index (χ0v) is 9.94. The van der Waals surface area contributed by atoms with Gasteiger partial charge in [0.2, 0.25) is 0 Å². The summed E-state index contributed by atoms with van der Waals surface area (Å²) in [5.74, 6) is -0.687. The highest BCUT2D eigenvalue weighted by Gasteiger charge is 2.24. The molecule has 2 nitrogen and oxygen atoms in total. The smallest absolute Gasteiger partial charge is 0.139 e. The number of benzene rings is 1. The molecule has 1 unspecified atom stereocenters. The van der Waals surface area contributed by atoms with Gasteiger partial charge in [0.25, 0.3) is 0 Å². The number of nitriles is 1. The fourth-order valence-electron chi connectivity index (χ4n) is 1.42. The van der Waals surface area contributed by atoms with Gasteiger partial charge in [0.1, 0.15) is 17.7 Å². The van der Waals surface area contributed by atoms with Gasteiger partial charge in [-0.2, -0.15) is 5.26 Å². The van der Waals surface area contributed by atoms with E-state index in [2.05, 4.69) is 11.4 Å². The molecule has 0 aromatic heterocycles. The maximum Gasteiger partial charge on any atom is 0.139 e. The molecule has 0 amide bonds. The highest BCUT2D eigenvalue weighted by molar-refractivity contribution is 7.99. The van der Waals surface area contributed by atoms with Gasteiger partial charge in [-0.1, -0.05) is 0 Å². The summed E-state index contributed by atoms with van der Waals surface area (Å²) in [5, 5.41) is 12.1. The summed E-state index contributed by atoms with van der Waals surface area (Å²) in [7, 11) is 0. The summed E-state index contributed by atoms with van der Waals surface area (Å²) in [6.45, 7) is 0. The van der Waals surface area contributed by atoms with Gasteiger partial charge in [-0.15, -0.1) is 11.8 Å². The molecule has 1 aliphatic carbocycles. The van der Waals surface area contributed by atoms with Crippen LogP contribution in [0.2, 0.25) is 0 Å². The average Bonchev–Trinajstić information content (AvgIpc) is 3.10. The van der Waals surface area contributed by atoms with E-state index in [-0.39, 0.29) is 6.04 Å². The van der Waals surface area contributed by atoms with E-state index < -0.39 is 11.6 Å². The standard InChI is InChI=1S/C12H12F2N2S/c13-8-1-4-12(11(14)5-8)17-7-10(6-15)16-9-2-3-9/h1,4-5,9-10,16H,2-3,7H2. The highest BCUT2D eigenvalue weighted by atomic mass is 32.2. The van der Waals surface area contributed by atoms with E-state index in [4.69, 9.17) is 5.26 Å². The van der Waals surface area contributed by atoms with Crippen molar-refractivity contribution < 1.29 is 8.78 Å². The van der Waals surface area contributed by atoms with Crippen LogP contribution in [0.5, 0.6) is 0 Å². The quantitative estimate of drug-likeness (QED) is 0.821. The number of nitrogens with zero attached hydrogens (tertiary/aromatic N) is 1. The predicted octanol–water partition coefficient (Wildman–Crippen LogP) is 2.70.